The number of carbonyl (C=O) groups excluding carboxylic acids is 1. The van der Waals surface area contributed by atoms with Crippen LogP contribution in [0.3, 0.4) is 0 Å². The lowest BCUT2D eigenvalue weighted by Crippen LogP contribution is -2.40. The Morgan fingerprint density at radius 3 is 2.24 bits per heavy atom. The largest absolute Gasteiger partial charge is 0.355 e. The van der Waals surface area contributed by atoms with Crippen LogP contribution in [0.15, 0.2) is 24.3 Å². The van der Waals surface area contributed by atoms with Gasteiger partial charge in [0.05, 0.1) is 5.75 Å². The first-order valence-electron chi connectivity index (χ1n) is 9.37. The zero-order valence-corrected chi connectivity index (χ0v) is 16.4. The Bertz CT molecular complexity index is 659. The first-order chi connectivity index (χ1) is 11.8. The quantitative estimate of drug-likeness (QED) is 0.799. The molecule has 1 aliphatic rings. The summed E-state index contributed by atoms with van der Waals surface area (Å²) in [6.45, 7) is 6.30. The number of nitrogens with one attached hydrogen (secondary N) is 1. The predicted octanol–water partition coefficient (Wildman–Crippen LogP) is 3.81. The van der Waals surface area contributed by atoms with Gasteiger partial charge in [-0.25, -0.2) is 8.42 Å². The Hall–Kier alpha value is -1.36. The normalized spacial score (nSPS) is 17.4. The van der Waals surface area contributed by atoms with E-state index < -0.39 is 15.1 Å². The third-order valence-corrected chi connectivity index (χ3v) is 7.24. The van der Waals surface area contributed by atoms with Crippen LogP contribution in [0, 0.1) is 5.92 Å². The molecule has 1 N–H and O–H groups in total. The van der Waals surface area contributed by atoms with Gasteiger partial charge in [-0.1, -0.05) is 57.4 Å². The summed E-state index contributed by atoms with van der Waals surface area (Å²) in [5.41, 5.74) is 1.91. The van der Waals surface area contributed by atoms with E-state index in [1.807, 2.05) is 24.3 Å². The van der Waals surface area contributed by atoms with Gasteiger partial charge < -0.3 is 5.32 Å². The highest BCUT2D eigenvalue weighted by atomic mass is 32.2. The Balaban J connectivity index is 1.91. The van der Waals surface area contributed by atoms with E-state index in [1.54, 1.807) is 0 Å². The van der Waals surface area contributed by atoms with Gasteiger partial charge in [-0.05, 0) is 42.7 Å². The zero-order chi connectivity index (χ0) is 18.4. The molecule has 1 saturated carbocycles. The van der Waals surface area contributed by atoms with Crippen LogP contribution >= 0.6 is 0 Å². The third-order valence-electron chi connectivity index (χ3n) is 5.21. The molecule has 0 heterocycles. The monoisotopic (exact) mass is 365 g/mol. The van der Waals surface area contributed by atoms with Gasteiger partial charge >= 0.3 is 0 Å². The van der Waals surface area contributed by atoms with Crippen LogP contribution < -0.4 is 5.32 Å². The highest BCUT2D eigenvalue weighted by Gasteiger charge is 2.28. The SMILES string of the molecule is CC(C)c1ccc(CS(=O)(=O)[C@@H](C)C(=O)NCC2CCCCC2)cc1. The molecule has 0 spiro atoms. The summed E-state index contributed by atoms with van der Waals surface area (Å²) in [5.74, 6) is 0.444. The van der Waals surface area contributed by atoms with E-state index in [4.69, 9.17) is 0 Å². The Morgan fingerprint density at radius 2 is 1.68 bits per heavy atom. The lowest BCUT2D eigenvalue weighted by atomic mass is 9.89. The van der Waals surface area contributed by atoms with Gasteiger partial charge in [0.25, 0.3) is 0 Å². The van der Waals surface area contributed by atoms with E-state index in [1.165, 1.54) is 31.7 Å². The molecule has 0 unspecified atom stereocenters. The molecule has 1 amide bonds. The molecule has 2 rings (SSSR count). The molecule has 140 valence electrons. The van der Waals surface area contributed by atoms with Crippen LogP contribution in [0.2, 0.25) is 0 Å². The van der Waals surface area contributed by atoms with Crippen LogP contribution in [-0.2, 0) is 20.4 Å². The summed E-state index contributed by atoms with van der Waals surface area (Å²) < 4.78 is 25.1. The Kier molecular flexibility index (Phi) is 7.05. The van der Waals surface area contributed by atoms with Gasteiger partial charge in [0.15, 0.2) is 9.84 Å². The molecule has 1 aromatic carbocycles. The van der Waals surface area contributed by atoms with Crippen molar-refractivity contribution >= 4 is 15.7 Å². The number of benzene rings is 1. The van der Waals surface area contributed by atoms with Crippen molar-refractivity contribution in [1.82, 2.24) is 5.32 Å². The lowest BCUT2D eigenvalue weighted by Gasteiger charge is -2.22. The van der Waals surface area contributed by atoms with Crippen molar-refractivity contribution in [2.45, 2.75) is 69.8 Å². The molecule has 1 fully saturated rings. The Morgan fingerprint density at radius 1 is 1.08 bits per heavy atom. The summed E-state index contributed by atoms with van der Waals surface area (Å²) in [6, 6.07) is 7.62. The smallest absolute Gasteiger partial charge is 0.238 e. The van der Waals surface area contributed by atoms with Gasteiger partial charge in [-0.2, -0.15) is 0 Å². The summed E-state index contributed by atoms with van der Waals surface area (Å²) in [6.07, 6.45) is 5.94. The molecular weight excluding hydrogens is 334 g/mol. The fourth-order valence-corrected chi connectivity index (χ4v) is 4.62. The van der Waals surface area contributed by atoms with Crippen LogP contribution in [-0.4, -0.2) is 26.1 Å². The fraction of sp³-hybridized carbons (Fsp3) is 0.650. The number of amides is 1. The van der Waals surface area contributed by atoms with E-state index in [0.29, 0.717) is 18.4 Å². The van der Waals surface area contributed by atoms with E-state index in [0.717, 1.165) is 18.4 Å². The van der Waals surface area contributed by atoms with Crippen LogP contribution in [0.1, 0.15) is 69.9 Å². The number of hydrogen-bond donors (Lipinski definition) is 1. The molecule has 1 atom stereocenters. The van der Waals surface area contributed by atoms with Gasteiger partial charge in [-0.15, -0.1) is 0 Å². The molecule has 1 aromatic rings. The zero-order valence-electron chi connectivity index (χ0n) is 15.6. The van der Waals surface area contributed by atoms with E-state index in [9.17, 15) is 13.2 Å². The maximum absolute atomic E-state index is 12.6. The van der Waals surface area contributed by atoms with Crippen molar-refractivity contribution in [2.24, 2.45) is 5.92 Å². The second-order valence-electron chi connectivity index (χ2n) is 7.59. The average molecular weight is 366 g/mol. The van der Waals surface area contributed by atoms with Crippen LogP contribution in [0.25, 0.3) is 0 Å². The first-order valence-corrected chi connectivity index (χ1v) is 11.1. The van der Waals surface area contributed by atoms with Crippen molar-refractivity contribution in [3.63, 3.8) is 0 Å². The topological polar surface area (TPSA) is 63.2 Å². The summed E-state index contributed by atoms with van der Waals surface area (Å²) >= 11 is 0. The molecule has 0 bridgehead atoms. The highest BCUT2D eigenvalue weighted by molar-refractivity contribution is 7.92. The van der Waals surface area contributed by atoms with Crippen molar-refractivity contribution in [2.75, 3.05) is 6.54 Å². The second kappa shape index (κ2) is 8.84. The van der Waals surface area contributed by atoms with Crippen LogP contribution in [0.4, 0.5) is 0 Å². The van der Waals surface area contributed by atoms with Crippen molar-refractivity contribution in [3.05, 3.63) is 35.4 Å². The number of hydrogen-bond acceptors (Lipinski definition) is 3. The minimum Gasteiger partial charge on any atom is -0.355 e. The predicted molar refractivity (Wildman–Crippen MR) is 102 cm³/mol. The maximum atomic E-state index is 12.6. The lowest BCUT2D eigenvalue weighted by molar-refractivity contribution is -0.120. The molecule has 25 heavy (non-hydrogen) atoms. The maximum Gasteiger partial charge on any atom is 0.238 e. The van der Waals surface area contributed by atoms with Gasteiger partial charge in [-0.3, -0.25) is 4.79 Å². The summed E-state index contributed by atoms with van der Waals surface area (Å²) in [5, 5.41) is 1.84. The van der Waals surface area contributed by atoms with Crippen molar-refractivity contribution in [1.29, 1.82) is 0 Å². The Labute approximate surface area is 152 Å². The molecule has 4 nitrogen and oxygen atoms in total. The highest BCUT2D eigenvalue weighted by Crippen LogP contribution is 2.23. The standard InChI is InChI=1S/C20H31NO3S/c1-15(2)19-11-9-18(10-12-19)14-25(23,24)16(3)20(22)21-13-17-7-5-4-6-8-17/h9-12,15-17H,4-8,13-14H2,1-3H3,(H,21,22)/t16-/m0/s1. The average Bonchev–Trinajstić information content (AvgIpc) is 2.60. The summed E-state index contributed by atoms with van der Waals surface area (Å²) in [4.78, 5) is 12.3. The van der Waals surface area contributed by atoms with Gasteiger partial charge in [0, 0.05) is 6.54 Å². The van der Waals surface area contributed by atoms with E-state index in [2.05, 4.69) is 19.2 Å². The minimum absolute atomic E-state index is 0.0939. The molecule has 0 radical (unpaired) electrons. The second-order valence-corrected chi connectivity index (χ2v) is 9.92. The van der Waals surface area contributed by atoms with E-state index in [-0.39, 0.29) is 11.7 Å². The number of carbonyl (C=O) groups is 1. The van der Waals surface area contributed by atoms with Gasteiger partial charge in [0.2, 0.25) is 5.91 Å². The van der Waals surface area contributed by atoms with Crippen molar-refractivity contribution in [3.8, 4) is 0 Å². The number of sulfone groups is 1. The summed E-state index contributed by atoms with van der Waals surface area (Å²) in [7, 11) is -3.51. The molecule has 0 aliphatic heterocycles. The first kappa shape index (κ1) is 20.0. The molecular formula is C20H31NO3S. The minimum atomic E-state index is -3.51. The van der Waals surface area contributed by atoms with Crippen LogP contribution in [0.5, 0.6) is 0 Å². The van der Waals surface area contributed by atoms with Gasteiger partial charge in [0.1, 0.15) is 5.25 Å². The molecule has 5 heteroatoms. The molecule has 0 saturated heterocycles. The fourth-order valence-electron chi connectivity index (χ4n) is 3.30. The van der Waals surface area contributed by atoms with Crippen molar-refractivity contribution < 1.29 is 13.2 Å². The molecule has 0 aromatic heterocycles. The van der Waals surface area contributed by atoms with E-state index >= 15 is 0 Å². The third kappa shape index (κ3) is 5.84. The molecule has 1 aliphatic carbocycles. The number of rotatable bonds is 7.